The molecule has 0 bridgehead atoms. The maximum Gasteiger partial charge on any atom is 0.306 e. The van der Waals surface area contributed by atoms with Gasteiger partial charge in [-0.05, 0) is 44.9 Å². The summed E-state index contributed by atoms with van der Waals surface area (Å²) in [5.41, 5.74) is 0. The monoisotopic (exact) mass is 766 g/mol. The van der Waals surface area contributed by atoms with Gasteiger partial charge in [-0.2, -0.15) is 0 Å². The number of hydrogen-bond acceptors (Lipinski definition) is 8. The summed E-state index contributed by atoms with van der Waals surface area (Å²) < 4.78 is 22.5. The Balaban J connectivity index is 4.40. The summed E-state index contributed by atoms with van der Waals surface area (Å²) in [5.74, 6) is -2.29. The van der Waals surface area contributed by atoms with Gasteiger partial charge < -0.3 is 33.3 Å². The lowest BCUT2D eigenvalue weighted by Crippen LogP contribution is -2.44. The minimum Gasteiger partial charge on any atom is -0.545 e. The third-order valence-electron chi connectivity index (χ3n) is 9.45. The molecule has 54 heavy (non-hydrogen) atoms. The highest BCUT2D eigenvalue weighted by molar-refractivity contribution is 5.70. The third kappa shape index (κ3) is 38.1. The first-order valence-corrected chi connectivity index (χ1v) is 22.0. The number of carboxylic acid groups (broad SMARTS) is 1. The van der Waals surface area contributed by atoms with Crippen molar-refractivity contribution in [3.63, 3.8) is 0 Å². The summed E-state index contributed by atoms with van der Waals surface area (Å²) in [6.45, 7) is 4.70. The number of unbranched alkanes of at least 4 members (excludes halogenated alkanes) is 21. The second kappa shape index (κ2) is 37.7. The molecule has 9 heteroatoms. The van der Waals surface area contributed by atoms with Crippen LogP contribution in [0.15, 0.2) is 24.3 Å². The molecule has 0 spiro atoms. The molecule has 0 heterocycles. The van der Waals surface area contributed by atoms with E-state index in [1.807, 2.05) is 21.1 Å². The highest BCUT2D eigenvalue weighted by Crippen LogP contribution is 2.14. The van der Waals surface area contributed by atoms with Crippen molar-refractivity contribution in [2.45, 2.75) is 200 Å². The number of ether oxygens (including phenoxy) is 4. The molecule has 0 aromatic rings. The van der Waals surface area contributed by atoms with Crippen molar-refractivity contribution in [2.24, 2.45) is 0 Å². The van der Waals surface area contributed by atoms with E-state index in [-0.39, 0.29) is 32.2 Å². The van der Waals surface area contributed by atoms with Crippen molar-refractivity contribution < 1.29 is 42.9 Å². The molecule has 0 saturated heterocycles. The fourth-order valence-corrected chi connectivity index (χ4v) is 5.98. The zero-order valence-electron chi connectivity index (χ0n) is 35.6. The van der Waals surface area contributed by atoms with E-state index in [2.05, 4.69) is 38.2 Å². The summed E-state index contributed by atoms with van der Waals surface area (Å²) >= 11 is 0. The van der Waals surface area contributed by atoms with Crippen molar-refractivity contribution in [1.29, 1.82) is 0 Å². The van der Waals surface area contributed by atoms with E-state index in [0.29, 0.717) is 23.9 Å². The Morgan fingerprint density at radius 3 is 1.50 bits per heavy atom. The molecule has 0 radical (unpaired) electrons. The first-order valence-electron chi connectivity index (χ1n) is 22.0. The molecule has 0 aromatic carbocycles. The highest BCUT2D eigenvalue weighted by Gasteiger charge is 2.21. The van der Waals surface area contributed by atoms with Crippen LogP contribution in [0.25, 0.3) is 0 Å². The van der Waals surface area contributed by atoms with Gasteiger partial charge in [-0.3, -0.25) is 9.59 Å². The lowest BCUT2D eigenvalue weighted by molar-refractivity contribution is -0.870. The number of allylic oxidation sites excluding steroid dienone is 4. The first-order chi connectivity index (χ1) is 26.1. The lowest BCUT2D eigenvalue weighted by Gasteiger charge is -2.26. The Bertz CT molecular complexity index is 944. The van der Waals surface area contributed by atoms with Crippen LogP contribution in [0, 0.1) is 0 Å². The van der Waals surface area contributed by atoms with Crippen molar-refractivity contribution in [3.8, 4) is 0 Å². The van der Waals surface area contributed by atoms with Crippen molar-refractivity contribution >= 4 is 17.9 Å². The van der Waals surface area contributed by atoms with Gasteiger partial charge in [0.15, 0.2) is 12.4 Å². The van der Waals surface area contributed by atoms with Crippen LogP contribution in [-0.2, 0) is 33.3 Å². The molecule has 0 aromatic heterocycles. The van der Waals surface area contributed by atoms with Gasteiger partial charge >= 0.3 is 11.9 Å². The van der Waals surface area contributed by atoms with Crippen molar-refractivity contribution in [3.05, 3.63) is 24.3 Å². The Labute approximate surface area is 331 Å². The van der Waals surface area contributed by atoms with Crippen LogP contribution in [0.4, 0.5) is 0 Å². The highest BCUT2D eigenvalue weighted by atomic mass is 16.7. The fraction of sp³-hybridized carbons (Fsp3) is 0.844. The number of rotatable bonds is 40. The Morgan fingerprint density at radius 1 is 0.556 bits per heavy atom. The molecule has 0 rings (SSSR count). The van der Waals surface area contributed by atoms with E-state index in [1.165, 1.54) is 103 Å². The predicted molar refractivity (Wildman–Crippen MR) is 219 cm³/mol. The van der Waals surface area contributed by atoms with Crippen molar-refractivity contribution in [1.82, 2.24) is 0 Å². The van der Waals surface area contributed by atoms with Crippen LogP contribution >= 0.6 is 0 Å². The normalized spacial score (nSPS) is 13.1. The number of carbonyl (C=O) groups is 3. The number of carboxylic acids is 1. The molecule has 0 N–H and O–H groups in total. The number of esters is 2. The van der Waals surface area contributed by atoms with Crippen LogP contribution in [0.3, 0.4) is 0 Å². The number of quaternary nitrogens is 1. The molecule has 9 nitrogen and oxygen atoms in total. The molecule has 2 atom stereocenters. The molecule has 0 aliphatic rings. The Morgan fingerprint density at radius 2 is 1.00 bits per heavy atom. The van der Waals surface area contributed by atoms with Crippen LogP contribution in [-0.4, -0.2) is 82.3 Å². The van der Waals surface area contributed by atoms with E-state index >= 15 is 0 Å². The number of carbonyl (C=O) groups excluding carboxylic acids is 3. The summed E-state index contributed by atoms with van der Waals surface area (Å²) in [4.78, 5) is 36.9. The van der Waals surface area contributed by atoms with Gasteiger partial charge in [0.25, 0.3) is 0 Å². The van der Waals surface area contributed by atoms with Crippen LogP contribution in [0.1, 0.15) is 187 Å². The minimum atomic E-state index is -1.62. The van der Waals surface area contributed by atoms with E-state index in [9.17, 15) is 19.5 Å². The average Bonchev–Trinajstić information content (AvgIpc) is 3.12. The van der Waals surface area contributed by atoms with Gasteiger partial charge in [0.1, 0.15) is 13.2 Å². The number of likely N-dealkylation sites (N-methyl/N-ethyl adjacent to an activating group) is 1. The topological polar surface area (TPSA) is 111 Å². The Kier molecular flexibility index (Phi) is 36.1. The SMILES string of the molecule is CCCCC/C=C\C/C=C\CCCCCCCCCCCC(=O)OC(COC(=O)CCCCCCCCCCCC)COC(OCC[N+](C)(C)C)C(=O)[O-]. The van der Waals surface area contributed by atoms with Crippen LogP contribution in [0.2, 0.25) is 0 Å². The van der Waals surface area contributed by atoms with Crippen LogP contribution in [0.5, 0.6) is 0 Å². The molecule has 0 fully saturated rings. The second-order valence-corrected chi connectivity index (χ2v) is 16.0. The first kappa shape index (κ1) is 51.8. The maximum absolute atomic E-state index is 12.7. The second-order valence-electron chi connectivity index (χ2n) is 16.0. The van der Waals surface area contributed by atoms with E-state index in [4.69, 9.17) is 18.9 Å². The zero-order chi connectivity index (χ0) is 40.0. The summed E-state index contributed by atoms with van der Waals surface area (Å²) in [6.07, 6.45) is 36.3. The van der Waals surface area contributed by atoms with Crippen LogP contribution < -0.4 is 5.11 Å². The summed E-state index contributed by atoms with van der Waals surface area (Å²) in [7, 11) is 5.90. The lowest BCUT2D eigenvalue weighted by atomic mass is 10.1. The van der Waals surface area contributed by atoms with Gasteiger partial charge in [-0.25, -0.2) is 0 Å². The van der Waals surface area contributed by atoms with Gasteiger partial charge in [0.05, 0.1) is 40.3 Å². The van der Waals surface area contributed by atoms with Crippen molar-refractivity contribution in [2.75, 3.05) is 47.5 Å². The van der Waals surface area contributed by atoms with Gasteiger partial charge in [0, 0.05) is 12.8 Å². The molecule has 316 valence electrons. The molecule has 0 saturated carbocycles. The zero-order valence-corrected chi connectivity index (χ0v) is 35.6. The fourth-order valence-electron chi connectivity index (χ4n) is 5.98. The number of nitrogens with zero attached hydrogens (tertiary/aromatic N) is 1. The smallest absolute Gasteiger partial charge is 0.306 e. The quantitative estimate of drug-likeness (QED) is 0.0199. The van der Waals surface area contributed by atoms with E-state index in [1.54, 1.807) is 0 Å². The molecule has 0 amide bonds. The standard InChI is InChI=1S/C45H83NO8/c1-6-8-10-12-14-16-18-19-20-21-22-23-24-25-26-28-30-32-34-36-43(48)54-41(40-53-45(44(49)50)51-38-37-46(3,4)5)39-52-42(47)35-33-31-29-27-17-15-13-11-9-7-2/h14,16,19-20,41,45H,6-13,15,17-18,21-40H2,1-5H3/b16-14-,20-19-. The largest absolute Gasteiger partial charge is 0.545 e. The molecule has 2 unspecified atom stereocenters. The molecular weight excluding hydrogens is 682 g/mol. The average molecular weight is 766 g/mol. The number of aliphatic carboxylic acids is 1. The molecular formula is C45H83NO8. The molecule has 0 aliphatic carbocycles. The van der Waals surface area contributed by atoms with Gasteiger partial charge in [-0.15, -0.1) is 0 Å². The maximum atomic E-state index is 12.7. The number of hydrogen-bond donors (Lipinski definition) is 0. The third-order valence-corrected chi connectivity index (χ3v) is 9.45. The predicted octanol–water partition coefficient (Wildman–Crippen LogP) is 9.94. The summed E-state index contributed by atoms with van der Waals surface area (Å²) in [6, 6.07) is 0. The minimum absolute atomic E-state index is 0.148. The van der Waals surface area contributed by atoms with E-state index in [0.717, 1.165) is 51.4 Å². The summed E-state index contributed by atoms with van der Waals surface area (Å²) in [5, 5.41) is 11.7. The van der Waals surface area contributed by atoms with E-state index < -0.39 is 24.3 Å². The van der Waals surface area contributed by atoms with Gasteiger partial charge in [-0.1, -0.05) is 154 Å². The molecule has 0 aliphatic heterocycles. The Hall–Kier alpha value is -2.23. The van der Waals surface area contributed by atoms with Gasteiger partial charge in [0.2, 0.25) is 0 Å².